The van der Waals surface area contributed by atoms with Gasteiger partial charge in [-0.2, -0.15) is 5.26 Å². The lowest BCUT2D eigenvalue weighted by molar-refractivity contribution is -0.752. The summed E-state index contributed by atoms with van der Waals surface area (Å²) in [6.45, 7) is 6.26. The zero-order chi connectivity index (χ0) is 8.48. The Labute approximate surface area is 66.3 Å². The van der Waals surface area contributed by atoms with Gasteiger partial charge >= 0.3 is 0 Å². The molecule has 0 unspecified atom stereocenters. The van der Waals surface area contributed by atoms with Gasteiger partial charge in [-0.05, 0) is 20.8 Å². The van der Waals surface area contributed by atoms with E-state index < -0.39 is 0 Å². The van der Waals surface area contributed by atoms with Crippen molar-refractivity contribution in [2.24, 2.45) is 0 Å². The second kappa shape index (κ2) is 2.39. The Morgan fingerprint density at radius 1 is 1.55 bits per heavy atom. The van der Waals surface area contributed by atoms with Crippen LogP contribution in [0, 0.1) is 11.3 Å². The van der Waals surface area contributed by atoms with Gasteiger partial charge in [-0.1, -0.05) is 0 Å². The normalized spacial score (nSPS) is 11.1. The van der Waals surface area contributed by atoms with Crippen molar-refractivity contribution in [2.45, 2.75) is 26.3 Å². The maximum atomic E-state index is 8.52. The number of aromatic amines is 1. The maximum absolute atomic E-state index is 8.52. The summed E-state index contributed by atoms with van der Waals surface area (Å²) in [6.07, 6.45) is 3.61. The molecule has 0 saturated heterocycles. The SMILES string of the molecule is CC(C)(C)[n+]1c[nH]c(C#N)c1. The van der Waals surface area contributed by atoms with Crippen LogP contribution in [0.3, 0.4) is 0 Å². The largest absolute Gasteiger partial charge is 0.243 e. The van der Waals surface area contributed by atoms with Gasteiger partial charge in [0, 0.05) is 0 Å². The number of nitrogens with one attached hydrogen (secondary N) is 1. The first kappa shape index (κ1) is 7.80. The van der Waals surface area contributed by atoms with Crippen molar-refractivity contribution in [1.29, 1.82) is 5.26 Å². The molecule has 1 heterocycles. The van der Waals surface area contributed by atoms with Gasteiger partial charge in [-0.15, -0.1) is 0 Å². The second-order valence-corrected chi connectivity index (χ2v) is 3.51. The van der Waals surface area contributed by atoms with Crippen LogP contribution in [-0.4, -0.2) is 4.98 Å². The Hall–Kier alpha value is -1.30. The highest BCUT2D eigenvalue weighted by Gasteiger charge is 2.19. The molecule has 1 aromatic rings. The summed E-state index contributed by atoms with van der Waals surface area (Å²) >= 11 is 0. The molecule has 0 aliphatic heterocycles. The molecule has 0 bridgehead atoms. The lowest BCUT2D eigenvalue weighted by Gasteiger charge is -2.12. The number of aromatic nitrogens is 2. The summed E-state index contributed by atoms with van der Waals surface area (Å²) < 4.78 is 1.98. The minimum atomic E-state index is 0.0472. The predicted octanol–water partition coefficient (Wildman–Crippen LogP) is 0.929. The van der Waals surface area contributed by atoms with Crippen molar-refractivity contribution in [1.82, 2.24) is 4.98 Å². The van der Waals surface area contributed by atoms with Crippen LogP contribution >= 0.6 is 0 Å². The summed E-state index contributed by atoms with van der Waals surface area (Å²) in [5.74, 6) is 0. The fraction of sp³-hybridized carbons (Fsp3) is 0.500. The maximum Gasteiger partial charge on any atom is 0.243 e. The summed E-state index contributed by atoms with van der Waals surface area (Å²) in [7, 11) is 0. The average Bonchev–Trinajstić information content (AvgIpc) is 2.32. The van der Waals surface area contributed by atoms with E-state index in [1.54, 1.807) is 12.5 Å². The Balaban J connectivity index is 3.01. The van der Waals surface area contributed by atoms with Crippen LogP contribution in [0.25, 0.3) is 0 Å². The molecule has 11 heavy (non-hydrogen) atoms. The van der Waals surface area contributed by atoms with E-state index >= 15 is 0 Å². The highest BCUT2D eigenvalue weighted by atomic mass is 15.1. The van der Waals surface area contributed by atoms with E-state index in [1.807, 2.05) is 10.6 Å². The predicted molar refractivity (Wildman–Crippen MR) is 40.7 cm³/mol. The molecule has 0 radical (unpaired) electrons. The molecule has 58 valence electrons. The monoisotopic (exact) mass is 150 g/mol. The van der Waals surface area contributed by atoms with Gasteiger partial charge in [0.05, 0.1) is 0 Å². The highest BCUT2D eigenvalue weighted by Crippen LogP contribution is 2.02. The van der Waals surface area contributed by atoms with Crippen LogP contribution in [0.5, 0.6) is 0 Å². The Bertz CT molecular complexity index is 285. The lowest BCUT2D eigenvalue weighted by atomic mass is 10.1. The standard InChI is InChI=1S/C8H11N3/c1-8(2,3)11-5-7(4-9)10-6-11/h5-6H,1-3H3/p+1. The van der Waals surface area contributed by atoms with Crippen molar-refractivity contribution in [3.8, 4) is 6.07 Å². The molecule has 0 aliphatic rings. The molecule has 0 spiro atoms. The first-order chi connectivity index (χ1) is 5.04. The molecule has 0 amide bonds. The summed E-state index contributed by atoms with van der Waals surface area (Å²) in [5, 5.41) is 8.52. The van der Waals surface area contributed by atoms with Gasteiger partial charge < -0.3 is 0 Å². The molecule has 1 N–H and O–H groups in total. The Morgan fingerprint density at radius 2 is 2.18 bits per heavy atom. The summed E-state index contributed by atoms with van der Waals surface area (Å²) in [6, 6.07) is 2.04. The van der Waals surface area contributed by atoms with Gasteiger partial charge in [-0.3, -0.25) is 0 Å². The highest BCUT2D eigenvalue weighted by molar-refractivity contribution is 5.11. The molecule has 1 aromatic heterocycles. The average molecular weight is 150 g/mol. The molecule has 3 nitrogen and oxygen atoms in total. The fourth-order valence-corrected chi connectivity index (χ4v) is 0.801. The van der Waals surface area contributed by atoms with Crippen LogP contribution < -0.4 is 4.57 Å². The van der Waals surface area contributed by atoms with Crippen LogP contribution in [0.4, 0.5) is 0 Å². The van der Waals surface area contributed by atoms with Crippen molar-refractivity contribution in [3.05, 3.63) is 18.2 Å². The van der Waals surface area contributed by atoms with E-state index in [0.29, 0.717) is 5.69 Å². The third-order valence-electron chi connectivity index (χ3n) is 1.52. The van der Waals surface area contributed by atoms with Crippen LogP contribution in [0.1, 0.15) is 26.5 Å². The number of nitrogens with zero attached hydrogens (tertiary/aromatic N) is 2. The Morgan fingerprint density at radius 3 is 2.45 bits per heavy atom. The van der Waals surface area contributed by atoms with E-state index in [4.69, 9.17) is 5.26 Å². The van der Waals surface area contributed by atoms with E-state index in [1.165, 1.54) is 0 Å². The van der Waals surface area contributed by atoms with Crippen molar-refractivity contribution < 1.29 is 4.57 Å². The first-order valence-electron chi connectivity index (χ1n) is 3.54. The van der Waals surface area contributed by atoms with Crippen molar-refractivity contribution in [2.75, 3.05) is 0 Å². The number of nitriles is 1. The van der Waals surface area contributed by atoms with E-state index in [9.17, 15) is 0 Å². The lowest BCUT2D eigenvalue weighted by Crippen LogP contribution is -2.48. The van der Waals surface area contributed by atoms with E-state index in [0.717, 1.165) is 0 Å². The minimum absolute atomic E-state index is 0.0472. The second-order valence-electron chi connectivity index (χ2n) is 3.51. The molecule has 0 fully saturated rings. The zero-order valence-electron chi connectivity index (χ0n) is 7.05. The molecule has 1 rings (SSSR count). The molecule has 0 atom stereocenters. The fourth-order valence-electron chi connectivity index (χ4n) is 0.801. The van der Waals surface area contributed by atoms with Gasteiger partial charge in [0.25, 0.3) is 0 Å². The number of rotatable bonds is 0. The molecule has 0 saturated carbocycles. The van der Waals surface area contributed by atoms with Gasteiger partial charge in [-0.25, -0.2) is 9.55 Å². The van der Waals surface area contributed by atoms with Gasteiger partial charge in [0.2, 0.25) is 12.0 Å². The quantitative estimate of drug-likeness (QED) is 0.549. The van der Waals surface area contributed by atoms with E-state index in [2.05, 4.69) is 25.8 Å². The summed E-state index contributed by atoms with van der Waals surface area (Å²) in [5.41, 5.74) is 0.644. The zero-order valence-corrected chi connectivity index (χ0v) is 7.05. The molecular formula is C8H12N3+. The van der Waals surface area contributed by atoms with Crippen molar-refractivity contribution in [3.63, 3.8) is 0 Å². The molecule has 0 aromatic carbocycles. The number of hydrogen-bond acceptors (Lipinski definition) is 1. The number of hydrogen-bond donors (Lipinski definition) is 1. The topological polar surface area (TPSA) is 43.5 Å². The minimum Gasteiger partial charge on any atom is -0.235 e. The first-order valence-corrected chi connectivity index (χ1v) is 3.54. The van der Waals surface area contributed by atoms with Crippen LogP contribution in [-0.2, 0) is 5.54 Å². The van der Waals surface area contributed by atoms with Crippen LogP contribution in [0.15, 0.2) is 12.5 Å². The third kappa shape index (κ3) is 1.58. The van der Waals surface area contributed by atoms with E-state index in [-0.39, 0.29) is 5.54 Å². The van der Waals surface area contributed by atoms with Gasteiger partial charge in [0.1, 0.15) is 17.8 Å². The number of H-pyrrole nitrogens is 1. The Kier molecular flexibility index (Phi) is 1.69. The van der Waals surface area contributed by atoms with Crippen molar-refractivity contribution >= 4 is 0 Å². The summed E-state index contributed by atoms with van der Waals surface area (Å²) in [4.78, 5) is 2.86. The van der Waals surface area contributed by atoms with Crippen LogP contribution in [0.2, 0.25) is 0 Å². The molecular weight excluding hydrogens is 138 g/mol. The number of imidazole rings is 1. The van der Waals surface area contributed by atoms with Gasteiger partial charge in [0.15, 0.2) is 0 Å². The molecule has 3 heteroatoms. The molecule has 0 aliphatic carbocycles. The smallest absolute Gasteiger partial charge is 0.235 e. The third-order valence-corrected chi connectivity index (χ3v) is 1.52.